The van der Waals surface area contributed by atoms with Crippen molar-refractivity contribution < 1.29 is 9.53 Å². The fraction of sp³-hybridized carbons (Fsp3) is 0.706. The molecular formula is C17H27N5O3. The van der Waals surface area contributed by atoms with E-state index in [0.717, 1.165) is 58.0 Å². The van der Waals surface area contributed by atoms with E-state index in [-0.39, 0.29) is 11.5 Å². The first-order valence-corrected chi connectivity index (χ1v) is 8.97. The third kappa shape index (κ3) is 5.02. The van der Waals surface area contributed by atoms with E-state index in [2.05, 4.69) is 20.2 Å². The monoisotopic (exact) mass is 349 g/mol. The quantitative estimate of drug-likeness (QED) is 0.742. The van der Waals surface area contributed by atoms with E-state index in [1.807, 2.05) is 0 Å². The summed E-state index contributed by atoms with van der Waals surface area (Å²) in [5.74, 6) is 0.525. The average molecular weight is 349 g/mol. The number of carbonyl (C=O) groups excluding carboxylic acids is 1. The Bertz CT molecular complexity index is 641. The molecule has 1 aromatic rings. The smallest absolute Gasteiger partial charge is 0.268 e. The van der Waals surface area contributed by atoms with Crippen LogP contribution in [-0.2, 0) is 16.6 Å². The zero-order valence-electron chi connectivity index (χ0n) is 14.8. The van der Waals surface area contributed by atoms with E-state index >= 15 is 0 Å². The number of aromatic nitrogens is 2. The lowest BCUT2D eigenvalue weighted by molar-refractivity contribution is -0.121. The van der Waals surface area contributed by atoms with Gasteiger partial charge >= 0.3 is 0 Å². The first-order chi connectivity index (χ1) is 12.1. The summed E-state index contributed by atoms with van der Waals surface area (Å²) in [4.78, 5) is 28.2. The van der Waals surface area contributed by atoms with Gasteiger partial charge in [-0.3, -0.25) is 14.5 Å². The number of aryl methyl sites for hydroxylation is 1. The van der Waals surface area contributed by atoms with Crippen molar-refractivity contribution in [2.75, 3.05) is 57.4 Å². The fourth-order valence-electron chi connectivity index (χ4n) is 3.30. The molecule has 1 atom stereocenters. The van der Waals surface area contributed by atoms with Gasteiger partial charge in [0, 0.05) is 58.8 Å². The molecule has 8 nitrogen and oxygen atoms in total. The zero-order valence-corrected chi connectivity index (χ0v) is 14.8. The van der Waals surface area contributed by atoms with E-state index in [1.54, 1.807) is 19.3 Å². The number of rotatable bonds is 6. The van der Waals surface area contributed by atoms with Crippen molar-refractivity contribution >= 4 is 11.6 Å². The molecule has 138 valence electrons. The molecule has 0 bridgehead atoms. The van der Waals surface area contributed by atoms with Gasteiger partial charge in [-0.1, -0.05) is 0 Å². The minimum absolute atomic E-state index is 0.0997. The SMILES string of the molecule is Cn1ncc(N2CC[C@H](CNC(=O)CCN3CCOCC3)C2)cc1=O. The Morgan fingerprint density at radius 3 is 2.92 bits per heavy atom. The molecule has 2 aliphatic heterocycles. The van der Waals surface area contributed by atoms with Crippen LogP contribution in [0.2, 0.25) is 0 Å². The van der Waals surface area contributed by atoms with E-state index in [9.17, 15) is 9.59 Å². The van der Waals surface area contributed by atoms with Crippen LogP contribution < -0.4 is 15.8 Å². The highest BCUT2D eigenvalue weighted by Crippen LogP contribution is 2.21. The summed E-state index contributed by atoms with van der Waals surface area (Å²) < 4.78 is 6.63. The fourth-order valence-corrected chi connectivity index (χ4v) is 3.30. The summed E-state index contributed by atoms with van der Waals surface area (Å²) in [6.07, 6.45) is 3.28. The van der Waals surface area contributed by atoms with Crippen LogP contribution in [0.3, 0.4) is 0 Å². The number of nitrogens with one attached hydrogen (secondary N) is 1. The Kier molecular flexibility index (Phi) is 6.04. The van der Waals surface area contributed by atoms with Crippen molar-refractivity contribution in [2.45, 2.75) is 12.8 Å². The number of ether oxygens (including phenoxy) is 1. The van der Waals surface area contributed by atoms with E-state index in [1.165, 1.54) is 4.68 Å². The number of hydrogen-bond acceptors (Lipinski definition) is 6. The highest BCUT2D eigenvalue weighted by atomic mass is 16.5. The molecule has 0 aliphatic carbocycles. The second-order valence-electron chi connectivity index (χ2n) is 6.78. The van der Waals surface area contributed by atoms with Gasteiger partial charge in [-0.05, 0) is 12.3 Å². The highest BCUT2D eigenvalue weighted by molar-refractivity contribution is 5.76. The molecule has 1 N–H and O–H groups in total. The van der Waals surface area contributed by atoms with Crippen molar-refractivity contribution in [3.63, 3.8) is 0 Å². The van der Waals surface area contributed by atoms with Gasteiger partial charge in [-0.2, -0.15) is 5.10 Å². The lowest BCUT2D eigenvalue weighted by atomic mass is 10.1. The molecule has 3 heterocycles. The maximum absolute atomic E-state index is 12.0. The van der Waals surface area contributed by atoms with Crippen LogP contribution in [-0.4, -0.2) is 73.1 Å². The van der Waals surface area contributed by atoms with Crippen LogP contribution in [0.15, 0.2) is 17.1 Å². The summed E-state index contributed by atoms with van der Waals surface area (Å²) >= 11 is 0. The van der Waals surface area contributed by atoms with Gasteiger partial charge in [-0.25, -0.2) is 4.68 Å². The number of amides is 1. The minimum atomic E-state index is -0.0997. The predicted octanol–water partition coefficient (Wildman–Crippen LogP) is -0.555. The van der Waals surface area contributed by atoms with Gasteiger partial charge in [0.15, 0.2) is 0 Å². The van der Waals surface area contributed by atoms with Crippen LogP contribution in [0.1, 0.15) is 12.8 Å². The number of hydrogen-bond donors (Lipinski definition) is 1. The maximum atomic E-state index is 12.0. The van der Waals surface area contributed by atoms with Gasteiger partial charge in [0.2, 0.25) is 5.91 Å². The largest absolute Gasteiger partial charge is 0.379 e. The molecule has 8 heteroatoms. The third-order valence-corrected chi connectivity index (χ3v) is 4.95. The van der Waals surface area contributed by atoms with Crippen LogP contribution in [0.25, 0.3) is 0 Å². The topological polar surface area (TPSA) is 79.7 Å². The molecule has 0 aromatic carbocycles. The Labute approximate surface area is 147 Å². The standard InChI is InChI=1S/C17H27N5O3/c1-20-17(24)10-15(12-19-20)22-5-2-14(13-22)11-18-16(23)3-4-21-6-8-25-9-7-21/h10,12,14H,2-9,11,13H2,1H3,(H,18,23)/t14-/m1/s1. The van der Waals surface area contributed by atoms with Gasteiger partial charge in [0.1, 0.15) is 0 Å². The lowest BCUT2D eigenvalue weighted by Crippen LogP contribution is -2.39. The number of nitrogens with zero attached hydrogens (tertiary/aromatic N) is 4. The first kappa shape index (κ1) is 17.9. The molecule has 0 radical (unpaired) electrons. The summed E-state index contributed by atoms with van der Waals surface area (Å²) in [5, 5.41) is 7.12. The van der Waals surface area contributed by atoms with Gasteiger partial charge in [0.05, 0.1) is 25.1 Å². The van der Waals surface area contributed by atoms with Crippen molar-refractivity contribution in [3.8, 4) is 0 Å². The molecule has 2 saturated heterocycles. The Balaban J connectivity index is 1.38. The second-order valence-corrected chi connectivity index (χ2v) is 6.78. The summed E-state index contributed by atoms with van der Waals surface area (Å²) in [6, 6.07) is 1.62. The summed E-state index contributed by atoms with van der Waals surface area (Å²) in [5.41, 5.74) is 0.765. The van der Waals surface area contributed by atoms with Crippen LogP contribution in [0.5, 0.6) is 0 Å². The number of carbonyl (C=O) groups is 1. The van der Waals surface area contributed by atoms with E-state index in [4.69, 9.17) is 4.74 Å². The molecular weight excluding hydrogens is 322 g/mol. The molecule has 1 amide bonds. The lowest BCUT2D eigenvalue weighted by Gasteiger charge is -2.26. The molecule has 2 aliphatic rings. The molecule has 3 rings (SSSR count). The summed E-state index contributed by atoms with van der Waals surface area (Å²) in [6.45, 7) is 6.57. The van der Waals surface area contributed by atoms with E-state index in [0.29, 0.717) is 18.9 Å². The maximum Gasteiger partial charge on any atom is 0.268 e. The van der Waals surface area contributed by atoms with Gasteiger partial charge in [-0.15, -0.1) is 0 Å². The van der Waals surface area contributed by atoms with Crippen LogP contribution in [0.4, 0.5) is 5.69 Å². The Morgan fingerprint density at radius 2 is 2.16 bits per heavy atom. The molecule has 0 spiro atoms. The second kappa shape index (κ2) is 8.44. The molecule has 1 aromatic heterocycles. The van der Waals surface area contributed by atoms with Crippen molar-refractivity contribution in [3.05, 3.63) is 22.6 Å². The number of morpholine rings is 1. The Hall–Kier alpha value is -1.93. The molecule has 2 fully saturated rings. The van der Waals surface area contributed by atoms with Crippen molar-refractivity contribution in [1.29, 1.82) is 0 Å². The Morgan fingerprint density at radius 1 is 1.36 bits per heavy atom. The zero-order chi connectivity index (χ0) is 17.6. The van der Waals surface area contributed by atoms with Crippen molar-refractivity contribution in [1.82, 2.24) is 20.0 Å². The minimum Gasteiger partial charge on any atom is -0.379 e. The van der Waals surface area contributed by atoms with E-state index < -0.39 is 0 Å². The molecule has 0 saturated carbocycles. The average Bonchev–Trinajstić information content (AvgIpc) is 3.10. The molecule has 25 heavy (non-hydrogen) atoms. The normalized spacial score (nSPS) is 21.5. The highest BCUT2D eigenvalue weighted by Gasteiger charge is 2.23. The van der Waals surface area contributed by atoms with Crippen molar-refractivity contribution in [2.24, 2.45) is 13.0 Å². The summed E-state index contributed by atoms with van der Waals surface area (Å²) in [7, 11) is 1.64. The van der Waals surface area contributed by atoms with Crippen LogP contribution in [0, 0.1) is 5.92 Å². The van der Waals surface area contributed by atoms with Gasteiger partial charge < -0.3 is 15.0 Å². The van der Waals surface area contributed by atoms with Crippen LogP contribution >= 0.6 is 0 Å². The third-order valence-electron chi connectivity index (χ3n) is 4.95. The molecule has 0 unspecified atom stereocenters. The first-order valence-electron chi connectivity index (χ1n) is 8.97. The van der Waals surface area contributed by atoms with Gasteiger partial charge in [0.25, 0.3) is 5.56 Å². The predicted molar refractivity (Wildman–Crippen MR) is 94.7 cm³/mol. The number of anilines is 1.